The van der Waals surface area contributed by atoms with Gasteiger partial charge >= 0.3 is 0 Å². The highest BCUT2D eigenvalue weighted by Gasteiger charge is 2.32. The van der Waals surface area contributed by atoms with Crippen molar-refractivity contribution in [2.45, 2.75) is 51.9 Å². The van der Waals surface area contributed by atoms with E-state index < -0.39 is 0 Å². The second kappa shape index (κ2) is 6.37. The molecule has 0 aliphatic heterocycles. The van der Waals surface area contributed by atoms with Crippen LogP contribution in [0.4, 0.5) is 0 Å². The second-order valence-corrected chi connectivity index (χ2v) is 5.91. The van der Waals surface area contributed by atoms with Gasteiger partial charge < -0.3 is 5.32 Å². The molecule has 0 spiro atoms. The van der Waals surface area contributed by atoms with Crippen LogP contribution in [0.25, 0.3) is 0 Å². The summed E-state index contributed by atoms with van der Waals surface area (Å²) in [5.74, 6) is 0. The Morgan fingerprint density at radius 2 is 2.17 bits per heavy atom. The van der Waals surface area contributed by atoms with Gasteiger partial charge in [-0.2, -0.15) is 5.10 Å². The third kappa shape index (κ3) is 3.58. The number of hydrogen-bond donors (Lipinski definition) is 1. The largest absolute Gasteiger partial charge is 0.316 e. The van der Waals surface area contributed by atoms with Crippen molar-refractivity contribution >= 4 is 0 Å². The van der Waals surface area contributed by atoms with Crippen LogP contribution in [0.1, 0.15) is 51.0 Å². The molecule has 3 nitrogen and oxygen atoms in total. The summed E-state index contributed by atoms with van der Waals surface area (Å²) in [7, 11) is 2.00. The lowest BCUT2D eigenvalue weighted by Crippen LogP contribution is -2.33. The maximum absolute atomic E-state index is 4.26. The van der Waals surface area contributed by atoms with E-state index >= 15 is 0 Å². The van der Waals surface area contributed by atoms with Crippen LogP contribution in [0, 0.1) is 5.41 Å². The molecule has 3 heteroatoms. The van der Waals surface area contributed by atoms with Crippen LogP contribution in [0.2, 0.25) is 0 Å². The molecule has 102 valence electrons. The molecule has 0 unspecified atom stereocenters. The molecule has 1 aliphatic rings. The predicted octanol–water partition coefficient (Wildman–Crippen LogP) is 2.91. The van der Waals surface area contributed by atoms with Gasteiger partial charge in [0.2, 0.25) is 0 Å². The fourth-order valence-corrected chi connectivity index (χ4v) is 3.18. The topological polar surface area (TPSA) is 29.9 Å². The van der Waals surface area contributed by atoms with Crippen molar-refractivity contribution < 1.29 is 0 Å². The van der Waals surface area contributed by atoms with Gasteiger partial charge in [-0.25, -0.2) is 0 Å². The maximum Gasteiger partial charge on any atom is 0.0521 e. The van der Waals surface area contributed by atoms with Crippen LogP contribution >= 0.6 is 0 Å². The molecule has 0 radical (unpaired) electrons. The van der Waals surface area contributed by atoms with Gasteiger partial charge in [0, 0.05) is 19.8 Å². The SMILES string of the molecule is CCCNCC1(CCc2cnn(C)c2)CCCC1. The van der Waals surface area contributed by atoms with Crippen LogP contribution in [0.5, 0.6) is 0 Å². The Labute approximate surface area is 111 Å². The zero-order chi connectivity index (χ0) is 12.8. The van der Waals surface area contributed by atoms with Crippen LogP contribution in [0.15, 0.2) is 12.4 Å². The first-order valence-corrected chi connectivity index (χ1v) is 7.42. The Hall–Kier alpha value is -0.830. The zero-order valence-corrected chi connectivity index (χ0v) is 11.9. The normalized spacial score (nSPS) is 18.3. The molecule has 0 amide bonds. The van der Waals surface area contributed by atoms with Crippen LogP contribution in [0.3, 0.4) is 0 Å². The van der Waals surface area contributed by atoms with Gasteiger partial charge in [0.05, 0.1) is 6.20 Å². The summed E-state index contributed by atoms with van der Waals surface area (Å²) < 4.78 is 1.91. The minimum absolute atomic E-state index is 0.561. The predicted molar refractivity (Wildman–Crippen MR) is 75.6 cm³/mol. The van der Waals surface area contributed by atoms with Crippen molar-refractivity contribution in [3.8, 4) is 0 Å². The Kier molecular flexibility index (Phi) is 4.81. The Morgan fingerprint density at radius 1 is 1.39 bits per heavy atom. The molecule has 1 heterocycles. The highest BCUT2D eigenvalue weighted by molar-refractivity contribution is 5.05. The van der Waals surface area contributed by atoms with Crippen LogP contribution < -0.4 is 5.32 Å². The van der Waals surface area contributed by atoms with Crippen molar-refractivity contribution in [1.82, 2.24) is 15.1 Å². The monoisotopic (exact) mass is 249 g/mol. The summed E-state index contributed by atoms with van der Waals surface area (Å²) in [6, 6.07) is 0. The highest BCUT2D eigenvalue weighted by Crippen LogP contribution is 2.41. The summed E-state index contributed by atoms with van der Waals surface area (Å²) in [6.07, 6.45) is 13.6. The van der Waals surface area contributed by atoms with Gasteiger partial charge in [0.15, 0.2) is 0 Å². The van der Waals surface area contributed by atoms with Crippen LogP contribution in [-0.2, 0) is 13.5 Å². The molecule has 1 N–H and O–H groups in total. The van der Waals surface area contributed by atoms with E-state index in [0.29, 0.717) is 5.41 Å². The van der Waals surface area contributed by atoms with Crippen molar-refractivity contribution in [2.24, 2.45) is 12.5 Å². The van der Waals surface area contributed by atoms with Crippen molar-refractivity contribution in [2.75, 3.05) is 13.1 Å². The molecule has 2 rings (SSSR count). The molecule has 1 aliphatic carbocycles. The number of nitrogens with zero attached hydrogens (tertiary/aromatic N) is 2. The molecule has 1 aromatic heterocycles. The van der Waals surface area contributed by atoms with E-state index in [0.717, 1.165) is 6.54 Å². The minimum atomic E-state index is 0.561. The molecule has 0 bridgehead atoms. The van der Waals surface area contributed by atoms with E-state index in [-0.39, 0.29) is 0 Å². The quantitative estimate of drug-likeness (QED) is 0.753. The number of hydrogen-bond acceptors (Lipinski definition) is 2. The maximum atomic E-state index is 4.26. The fraction of sp³-hybridized carbons (Fsp3) is 0.800. The fourth-order valence-electron chi connectivity index (χ4n) is 3.18. The van der Waals surface area contributed by atoms with Gasteiger partial charge in [-0.05, 0) is 49.6 Å². The first kappa shape index (κ1) is 13.6. The van der Waals surface area contributed by atoms with E-state index in [2.05, 4.69) is 23.5 Å². The van der Waals surface area contributed by atoms with Gasteiger partial charge in [-0.1, -0.05) is 19.8 Å². The zero-order valence-electron chi connectivity index (χ0n) is 11.9. The van der Waals surface area contributed by atoms with Crippen molar-refractivity contribution in [3.63, 3.8) is 0 Å². The number of nitrogens with one attached hydrogen (secondary N) is 1. The smallest absolute Gasteiger partial charge is 0.0521 e. The molecular weight excluding hydrogens is 222 g/mol. The first-order chi connectivity index (χ1) is 8.74. The lowest BCUT2D eigenvalue weighted by Gasteiger charge is -2.29. The Balaban J connectivity index is 1.85. The summed E-state index contributed by atoms with van der Waals surface area (Å²) in [6.45, 7) is 4.61. The molecule has 0 atom stereocenters. The average Bonchev–Trinajstić information content (AvgIpc) is 2.97. The average molecular weight is 249 g/mol. The van der Waals surface area contributed by atoms with Gasteiger partial charge in [-0.15, -0.1) is 0 Å². The number of aromatic nitrogens is 2. The van der Waals surface area contributed by atoms with Crippen molar-refractivity contribution in [1.29, 1.82) is 0 Å². The van der Waals surface area contributed by atoms with Gasteiger partial charge in [0.1, 0.15) is 0 Å². The third-order valence-electron chi connectivity index (χ3n) is 4.29. The molecule has 1 aromatic rings. The van der Waals surface area contributed by atoms with E-state index in [1.54, 1.807) is 0 Å². The molecule has 0 aromatic carbocycles. The third-order valence-corrected chi connectivity index (χ3v) is 4.29. The van der Waals surface area contributed by atoms with E-state index in [1.807, 2.05) is 17.9 Å². The second-order valence-electron chi connectivity index (χ2n) is 5.91. The summed E-state index contributed by atoms with van der Waals surface area (Å²) in [5.41, 5.74) is 1.95. The van der Waals surface area contributed by atoms with Gasteiger partial charge in [0.25, 0.3) is 0 Å². The first-order valence-electron chi connectivity index (χ1n) is 7.42. The van der Waals surface area contributed by atoms with E-state index in [9.17, 15) is 0 Å². The van der Waals surface area contributed by atoms with Crippen LogP contribution in [-0.4, -0.2) is 22.9 Å². The highest BCUT2D eigenvalue weighted by atomic mass is 15.2. The van der Waals surface area contributed by atoms with E-state index in [1.165, 1.54) is 57.1 Å². The molecular formula is C15H27N3. The Morgan fingerprint density at radius 3 is 2.78 bits per heavy atom. The standard InChI is InChI=1S/C15H27N3/c1-3-10-16-13-15(7-4-5-8-15)9-6-14-11-17-18(2)12-14/h11-12,16H,3-10,13H2,1-2H3. The molecule has 1 fully saturated rings. The molecule has 18 heavy (non-hydrogen) atoms. The molecule has 0 saturated heterocycles. The van der Waals surface area contributed by atoms with Crippen molar-refractivity contribution in [3.05, 3.63) is 18.0 Å². The lowest BCUT2D eigenvalue weighted by molar-refractivity contribution is 0.258. The number of rotatable bonds is 7. The summed E-state index contributed by atoms with van der Waals surface area (Å²) in [4.78, 5) is 0. The minimum Gasteiger partial charge on any atom is -0.316 e. The number of aryl methyl sites for hydroxylation is 2. The summed E-state index contributed by atoms with van der Waals surface area (Å²) in [5, 5.41) is 7.90. The lowest BCUT2D eigenvalue weighted by atomic mass is 9.80. The molecule has 1 saturated carbocycles. The Bertz CT molecular complexity index is 350. The summed E-state index contributed by atoms with van der Waals surface area (Å²) >= 11 is 0. The van der Waals surface area contributed by atoms with Gasteiger partial charge in [-0.3, -0.25) is 4.68 Å². The van der Waals surface area contributed by atoms with E-state index in [4.69, 9.17) is 0 Å².